The van der Waals surface area contributed by atoms with Gasteiger partial charge >= 0.3 is 5.69 Å². The van der Waals surface area contributed by atoms with Gasteiger partial charge in [-0.15, -0.1) is 12.4 Å². The third-order valence-corrected chi connectivity index (χ3v) is 3.53. The number of aromatic nitrogens is 2. The standard InChI is InChI=1S/C15H22N4O2.ClH/c1-4-18-11-7-5-6-8-12(11)19(14(18)21)9-13(20)17-15(2,3)10-16;/h5-8H,4,9-10,16H2,1-3H3,(H,17,20);1H. The van der Waals surface area contributed by atoms with Gasteiger partial charge in [-0.1, -0.05) is 12.1 Å². The van der Waals surface area contributed by atoms with Crippen molar-refractivity contribution in [1.29, 1.82) is 0 Å². The second-order valence-electron chi connectivity index (χ2n) is 5.74. The maximum absolute atomic E-state index is 12.4. The summed E-state index contributed by atoms with van der Waals surface area (Å²) >= 11 is 0. The van der Waals surface area contributed by atoms with Crippen molar-refractivity contribution in [2.24, 2.45) is 5.73 Å². The van der Waals surface area contributed by atoms with Crippen molar-refractivity contribution in [2.45, 2.75) is 39.4 Å². The molecule has 0 bridgehead atoms. The fourth-order valence-electron chi connectivity index (χ4n) is 2.34. The Labute approximate surface area is 135 Å². The van der Waals surface area contributed by atoms with Gasteiger partial charge in [-0.2, -0.15) is 0 Å². The van der Waals surface area contributed by atoms with Crippen LogP contribution in [0.25, 0.3) is 11.0 Å². The molecular formula is C15H23ClN4O2. The van der Waals surface area contributed by atoms with Gasteiger partial charge in [0.1, 0.15) is 6.54 Å². The molecule has 0 aliphatic rings. The smallest absolute Gasteiger partial charge is 0.329 e. The predicted octanol–water partition coefficient (Wildman–Crippen LogP) is 1.10. The lowest BCUT2D eigenvalue weighted by Gasteiger charge is -2.24. The first kappa shape index (κ1) is 18.3. The van der Waals surface area contributed by atoms with E-state index in [1.807, 2.05) is 45.0 Å². The molecule has 2 rings (SSSR count). The summed E-state index contributed by atoms with van der Waals surface area (Å²) in [6, 6.07) is 7.48. The van der Waals surface area contributed by atoms with Crippen molar-refractivity contribution in [1.82, 2.24) is 14.5 Å². The summed E-state index contributed by atoms with van der Waals surface area (Å²) in [6.45, 7) is 6.52. The van der Waals surface area contributed by atoms with Gasteiger partial charge in [-0.25, -0.2) is 4.79 Å². The number of rotatable bonds is 5. The number of carbonyl (C=O) groups is 1. The molecule has 0 fully saturated rings. The van der Waals surface area contributed by atoms with Gasteiger partial charge in [0.25, 0.3) is 0 Å². The molecule has 22 heavy (non-hydrogen) atoms. The third kappa shape index (κ3) is 3.51. The quantitative estimate of drug-likeness (QED) is 0.863. The van der Waals surface area contributed by atoms with E-state index < -0.39 is 5.54 Å². The van der Waals surface area contributed by atoms with E-state index in [1.54, 1.807) is 4.57 Å². The zero-order chi connectivity index (χ0) is 15.6. The monoisotopic (exact) mass is 326 g/mol. The first-order chi connectivity index (χ1) is 9.89. The summed E-state index contributed by atoms with van der Waals surface area (Å²) in [6.07, 6.45) is 0. The minimum atomic E-state index is -0.482. The highest BCUT2D eigenvalue weighted by Crippen LogP contribution is 2.12. The first-order valence-corrected chi connectivity index (χ1v) is 7.08. The van der Waals surface area contributed by atoms with Crippen LogP contribution in [-0.4, -0.2) is 27.1 Å². The second kappa shape index (κ2) is 6.98. The van der Waals surface area contributed by atoms with Crippen molar-refractivity contribution in [3.8, 4) is 0 Å². The highest BCUT2D eigenvalue weighted by Gasteiger charge is 2.20. The van der Waals surface area contributed by atoms with E-state index in [4.69, 9.17) is 5.73 Å². The van der Waals surface area contributed by atoms with Crippen LogP contribution < -0.4 is 16.7 Å². The lowest BCUT2D eigenvalue weighted by atomic mass is 10.1. The van der Waals surface area contributed by atoms with Gasteiger partial charge < -0.3 is 11.1 Å². The average molecular weight is 327 g/mol. The van der Waals surface area contributed by atoms with E-state index >= 15 is 0 Å². The molecule has 0 saturated heterocycles. The third-order valence-electron chi connectivity index (χ3n) is 3.53. The molecule has 3 N–H and O–H groups in total. The van der Waals surface area contributed by atoms with E-state index in [2.05, 4.69) is 5.32 Å². The van der Waals surface area contributed by atoms with Crippen LogP contribution in [0, 0.1) is 0 Å². The normalized spacial score (nSPS) is 11.3. The van der Waals surface area contributed by atoms with E-state index in [-0.39, 0.29) is 30.5 Å². The molecule has 1 heterocycles. The summed E-state index contributed by atoms with van der Waals surface area (Å²) in [5.74, 6) is -0.216. The molecule has 1 aromatic carbocycles. The summed E-state index contributed by atoms with van der Waals surface area (Å²) < 4.78 is 3.16. The molecule has 1 amide bonds. The molecule has 0 radical (unpaired) electrons. The largest absolute Gasteiger partial charge is 0.348 e. The number of nitrogens with one attached hydrogen (secondary N) is 1. The Balaban J connectivity index is 0.00000242. The molecule has 0 atom stereocenters. The number of fused-ring (bicyclic) bond motifs is 1. The summed E-state index contributed by atoms with van der Waals surface area (Å²) in [4.78, 5) is 24.6. The van der Waals surface area contributed by atoms with E-state index in [9.17, 15) is 9.59 Å². The molecule has 2 aromatic rings. The summed E-state index contributed by atoms with van der Waals surface area (Å²) in [5.41, 5.74) is 6.57. The van der Waals surface area contributed by atoms with Crippen LogP contribution in [-0.2, 0) is 17.9 Å². The van der Waals surface area contributed by atoms with Gasteiger partial charge in [0.05, 0.1) is 11.0 Å². The number of carbonyl (C=O) groups excluding carboxylic acids is 1. The zero-order valence-corrected chi connectivity index (χ0v) is 13.9. The van der Waals surface area contributed by atoms with Crippen LogP contribution in [0.1, 0.15) is 20.8 Å². The van der Waals surface area contributed by atoms with Gasteiger partial charge in [0.15, 0.2) is 0 Å². The maximum atomic E-state index is 12.4. The molecule has 0 aliphatic heterocycles. The lowest BCUT2D eigenvalue weighted by Crippen LogP contribution is -2.50. The van der Waals surface area contributed by atoms with Gasteiger partial charge in [-0.3, -0.25) is 13.9 Å². The summed E-state index contributed by atoms with van der Waals surface area (Å²) in [7, 11) is 0. The van der Waals surface area contributed by atoms with Crippen molar-refractivity contribution < 1.29 is 4.79 Å². The average Bonchev–Trinajstić information content (AvgIpc) is 2.71. The number of halogens is 1. The fraction of sp³-hybridized carbons (Fsp3) is 0.467. The van der Waals surface area contributed by atoms with E-state index in [1.165, 1.54) is 4.57 Å². The molecule has 0 unspecified atom stereocenters. The van der Waals surface area contributed by atoms with Crippen molar-refractivity contribution in [3.05, 3.63) is 34.7 Å². The zero-order valence-electron chi connectivity index (χ0n) is 13.1. The van der Waals surface area contributed by atoms with Gasteiger partial charge in [0, 0.05) is 18.6 Å². The Morgan fingerprint density at radius 3 is 2.27 bits per heavy atom. The highest BCUT2D eigenvalue weighted by molar-refractivity contribution is 5.85. The Morgan fingerprint density at radius 1 is 1.23 bits per heavy atom. The van der Waals surface area contributed by atoms with Crippen LogP contribution in [0.2, 0.25) is 0 Å². The van der Waals surface area contributed by atoms with Crippen LogP contribution in [0.3, 0.4) is 0 Å². The fourth-order valence-corrected chi connectivity index (χ4v) is 2.34. The minimum Gasteiger partial charge on any atom is -0.348 e. The molecule has 1 aromatic heterocycles. The Morgan fingerprint density at radius 2 is 1.77 bits per heavy atom. The van der Waals surface area contributed by atoms with Crippen LogP contribution >= 0.6 is 12.4 Å². The van der Waals surface area contributed by atoms with Gasteiger partial charge in [-0.05, 0) is 32.9 Å². The second-order valence-corrected chi connectivity index (χ2v) is 5.74. The number of hydrogen-bond acceptors (Lipinski definition) is 3. The molecule has 7 heteroatoms. The first-order valence-electron chi connectivity index (χ1n) is 7.08. The number of para-hydroxylation sites is 2. The number of amides is 1. The summed E-state index contributed by atoms with van der Waals surface area (Å²) in [5, 5.41) is 2.84. The van der Waals surface area contributed by atoms with Crippen molar-refractivity contribution >= 4 is 29.3 Å². The topological polar surface area (TPSA) is 82.0 Å². The molecule has 0 saturated carbocycles. The molecule has 122 valence electrons. The van der Waals surface area contributed by atoms with Crippen LogP contribution in [0.4, 0.5) is 0 Å². The SMILES string of the molecule is CCn1c(=O)n(CC(=O)NC(C)(C)CN)c2ccccc21.Cl. The molecule has 0 spiro atoms. The minimum absolute atomic E-state index is 0. The number of benzene rings is 1. The van der Waals surface area contributed by atoms with E-state index in [0.29, 0.717) is 13.1 Å². The number of hydrogen-bond donors (Lipinski definition) is 2. The van der Waals surface area contributed by atoms with E-state index in [0.717, 1.165) is 11.0 Å². The van der Waals surface area contributed by atoms with Crippen LogP contribution in [0.5, 0.6) is 0 Å². The van der Waals surface area contributed by atoms with Crippen molar-refractivity contribution in [3.63, 3.8) is 0 Å². The molecule has 6 nitrogen and oxygen atoms in total. The van der Waals surface area contributed by atoms with Crippen LogP contribution in [0.15, 0.2) is 29.1 Å². The maximum Gasteiger partial charge on any atom is 0.329 e. The Hall–Kier alpha value is -1.79. The van der Waals surface area contributed by atoms with Crippen molar-refractivity contribution in [2.75, 3.05) is 6.54 Å². The number of nitrogens with two attached hydrogens (primary N) is 1. The Bertz CT molecular complexity index is 718. The molecule has 0 aliphatic carbocycles. The lowest BCUT2D eigenvalue weighted by molar-refractivity contribution is -0.123. The highest BCUT2D eigenvalue weighted by atomic mass is 35.5. The van der Waals surface area contributed by atoms with Gasteiger partial charge in [0.2, 0.25) is 5.91 Å². The predicted molar refractivity (Wildman–Crippen MR) is 90.4 cm³/mol. The number of aryl methyl sites for hydroxylation is 1. The number of imidazole rings is 1. The Kier molecular flexibility index (Phi) is 5.79. The number of nitrogens with zero attached hydrogens (tertiary/aromatic N) is 2. The molecular weight excluding hydrogens is 304 g/mol.